The third-order valence-electron chi connectivity index (χ3n) is 4.41. The number of piperidine rings is 1. The number of nitrogens with two attached hydrogens (primary N) is 1. The molecule has 3 fully saturated rings. The van der Waals surface area contributed by atoms with Crippen molar-refractivity contribution in [2.75, 3.05) is 13.1 Å². The molecule has 3 rings (SSSR count). The summed E-state index contributed by atoms with van der Waals surface area (Å²) in [6.07, 6.45) is 5.55. The van der Waals surface area contributed by atoms with Crippen molar-refractivity contribution in [3.63, 3.8) is 0 Å². The van der Waals surface area contributed by atoms with Crippen LogP contribution in [0.25, 0.3) is 0 Å². The molecule has 2 nitrogen and oxygen atoms in total. The molecule has 2 heteroatoms. The molecule has 2 aliphatic carbocycles. The first-order chi connectivity index (χ1) is 5.82. The number of nitrogens with one attached hydrogen (secondary N) is 1. The van der Waals surface area contributed by atoms with E-state index in [9.17, 15) is 0 Å². The average Bonchev–Trinajstić information content (AvgIpc) is 2.79. The van der Waals surface area contributed by atoms with Crippen molar-refractivity contribution in [2.45, 2.75) is 31.7 Å². The Morgan fingerprint density at radius 2 is 2.00 bits per heavy atom. The molecule has 1 aliphatic heterocycles. The molecule has 0 aromatic carbocycles. The lowest BCUT2D eigenvalue weighted by molar-refractivity contribution is 0.160. The lowest BCUT2D eigenvalue weighted by atomic mass is 9.72. The molecule has 3 N–H and O–H groups in total. The highest BCUT2D eigenvalue weighted by molar-refractivity contribution is 5.12. The highest BCUT2D eigenvalue weighted by Crippen LogP contribution is 2.61. The number of rotatable bonds is 0. The minimum Gasteiger partial charge on any atom is -0.327 e. The van der Waals surface area contributed by atoms with Crippen LogP contribution in [0, 0.1) is 17.3 Å². The van der Waals surface area contributed by atoms with Crippen molar-refractivity contribution in [3.05, 3.63) is 0 Å². The van der Waals surface area contributed by atoms with Crippen LogP contribution in [0.1, 0.15) is 25.7 Å². The quantitative estimate of drug-likeness (QED) is 0.556. The van der Waals surface area contributed by atoms with Gasteiger partial charge in [0, 0.05) is 6.04 Å². The Kier molecular flexibility index (Phi) is 1.37. The summed E-state index contributed by atoms with van der Waals surface area (Å²) in [7, 11) is 0. The van der Waals surface area contributed by atoms with Crippen molar-refractivity contribution in [1.29, 1.82) is 0 Å². The highest BCUT2D eigenvalue weighted by Gasteiger charge is 2.59. The van der Waals surface area contributed by atoms with Gasteiger partial charge in [0.2, 0.25) is 0 Å². The lowest BCUT2D eigenvalue weighted by Crippen LogP contribution is -2.47. The van der Waals surface area contributed by atoms with Gasteiger partial charge in [0.1, 0.15) is 0 Å². The van der Waals surface area contributed by atoms with Crippen LogP contribution >= 0.6 is 0 Å². The van der Waals surface area contributed by atoms with E-state index in [2.05, 4.69) is 5.32 Å². The third-order valence-corrected chi connectivity index (χ3v) is 4.41. The van der Waals surface area contributed by atoms with Gasteiger partial charge in [-0.05, 0) is 56.0 Å². The maximum atomic E-state index is 6.30. The lowest BCUT2D eigenvalue weighted by Gasteiger charge is -2.39. The molecule has 3 unspecified atom stereocenters. The summed E-state index contributed by atoms with van der Waals surface area (Å²) >= 11 is 0. The summed E-state index contributed by atoms with van der Waals surface area (Å²) in [5.74, 6) is 1.95. The molecule has 0 radical (unpaired) electrons. The Labute approximate surface area is 73.9 Å². The van der Waals surface area contributed by atoms with E-state index < -0.39 is 0 Å². The Morgan fingerprint density at radius 3 is 2.58 bits per heavy atom. The van der Waals surface area contributed by atoms with Crippen LogP contribution in [0.15, 0.2) is 0 Å². The topological polar surface area (TPSA) is 38.0 Å². The smallest absolute Gasteiger partial charge is 0.0128 e. The number of fused-ring (bicyclic) bond motifs is 1. The Bertz CT molecular complexity index is 196. The van der Waals surface area contributed by atoms with Gasteiger partial charge in [-0.15, -0.1) is 0 Å². The van der Waals surface area contributed by atoms with E-state index in [1.807, 2.05) is 0 Å². The summed E-state index contributed by atoms with van der Waals surface area (Å²) in [5, 5.41) is 3.43. The summed E-state index contributed by atoms with van der Waals surface area (Å²) in [6.45, 7) is 2.40. The van der Waals surface area contributed by atoms with E-state index >= 15 is 0 Å². The van der Waals surface area contributed by atoms with Gasteiger partial charge < -0.3 is 11.1 Å². The Morgan fingerprint density at radius 1 is 1.25 bits per heavy atom. The maximum Gasteiger partial charge on any atom is 0.0128 e. The molecule has 1 saturated heterocycles. The molecule has 1 heterocycles. The molecule has 0 aromatic heterocycles. The predicted octanol–water partition coefficient (Wildman–Crippen LogP) is 0.723. The Hall–Kier alpha value is -0.0800. The number of hydrogen-bond acceptors (Lipinski definition) is 2. The summed E-state index contributed by atoms with van der Waals surface area (Å²) in [4.78, 5) is 0. The molecule has 0 aromatic rings. The minimum atomic E-state index is 0.546. The van der Waals surface area contributed by atoms with Crippen molar-refractivity contribution < 1.29 is 0 Å². The van der Waals surface area contributed by atoms with E-state index in [1.54, 1.807) is 0 Å². The predicted molar refractivity (Wildman–Crippen MR) is 48.7 cm³/mol. The minimum absolute atomic E-state index is 0.546. The molecule has 12 heavy (non-hydrogen) atoms. The van der Waals surface area contributed by atoms with Crippen LogP contribution in [0.3, 0.4) is 0 Å². The van der Waals surface area contributed by atoms with Gasteiger partial charge in [0.05, 0.1) is 0 Å². The van der Waals surface area contributed by atoms with Gasteiger partial charge in [0.15, 0.2) is 0 Å². The fraction of sp³-hybridized carbons (Fsp3) is 1.00. The van der Waals surface area contributed by atoms with Crippen LogP contribution in [0.2, 0.25) is 0 Å². The summed E-state index contributed by atoms with van der Waals surface area (Å²) in [5.41, 5.74) is 6.87. The van der Waals surface area contributed by atoms with Crippen molar-refractivity contribution in [3.8, 4) is 0 Å². The number of hydrogen-bond donors (Lipinski definition) is 2. The van der Waals surface area contributed by atoms with E-state index in [0.29, 0.717) is 11.5 Å². The van der Waals surface area contributed by atoms with E-state index in [4.69, 9.17) is 5.73 Å². The first-order valence-corrected chi connectivity index (χ1v) is 5.28. The molecular weight excluding hydrogens is 148 g/mol. The first-order valence-electron chi connectivity index (χ1n) is 5.28. The van der Waals surface area contributed by atoms with Crippen LogP contribution in [-0.4, -0.2) is 19.1 Å². The summed E-state index contributed by atoms with van der Waals surface area (Å²) in [6, 6.07) is 0.546. The standard InChI is InChI=1S/C10H18N2/c11-9-8-5-7(8)6-10(9)1-3-12-4-2-10/h7-9,12H,1-6,11H2. The zero-order valence-corrected chi connectivity index (χ0v) is 7.55. The van der Waals surface area contributed by atoms with Crippen molar-refractivity contribution in [2.24, 2.45) is 23.0 Å². The zero-order chi connectivity index (χ0) is 8.18. The monoisotopic (exact) mass is 166 g/mol. The van der Waals surface area contributed by atoms with Crippen molar-refractivity contribution in [1.82, 2.24) is 5.32 Å². The molecular formula is C10H18N2. The Balaban J connectivity index is 1.81. The van der Waals surface area contributed by atoms with E-state index in [1.165, 1.54) is 38.8 Å². The largest absolute Gasteiger partial charge is 0.327 e. The molecule has 2 saturated carbocycles. The van der Waals surface area contributed by atoms with Gasteiger partial charge in [-0.3, -0.25) is 0 Å². The molecule has 0 amide bonds. The third kappa shape index (κ3) is 0.826. The highest BCUT2D eigenvalue weighted by atomic mass is 14.9. The van der Waals surface area contributed by atoms with E-state index in [-0.39, 0.29) is 0 Å². The average molecular weight is 166 g/mol. The SMILES string of the molecule is NC1C2CC2CC12CCNCC2. The second-order valence-electron chi connectivity index (χ2n) is 5.00. The van der Waals surface area contributed by atoms with Crippen molar-refractivity contribution >= 4 is 0 Å². The normalized spacial score (nSPS) is 49.2. The van der Waals surface area contributed by atoms with Gasteiger partial charge in [-0.25, -0.2) is 0 Å². The van der Waals surface area contributed by atoms with Crippen LogP contribution in [0.4, 0.5) is 0 Å². The van der Waals surface area contributed by atoms with Gasteiger partial charge >= 0.3 is 0 Å². The molecule has 1 spiro atoms. The van der Waals surface area contributed by atoms with Crippen LogP contribution in [-0.2, 0) is 0 Å². The van der Waals surface area contributed by atoms with Crippen LogP contribution in [0.5, 0.6) is 0 Å². The second kappa shape index (κ2) is 2.24. The van der Waals surface area contributed by atoms with Gasteiger partial charge in [-0.1, -0.05) is 0 Å². The second-order valence-corrected chi connectivity index (χ2v) is 5.00. The van der Waals surface area contributed by atoms with Gasteiger partial charge in [0.25, 0.3) is 0 Å². The first kappa shape index (κ1) is 7.34. The molecule has 3 aliphatic rings. The fourth-order valence-corrected chi connectivity index (χ4v) is 3.52. The molecule has 0 bridgehead atoms. The molecule has 3 atom stereocenters. The van der Waals surface area contributed by atoms with Crippen LogP contribution < -0.4 is 11.1 Å². The summed E-state index contributed by atoms with van der Waals surface area (Å²) < 4.78 is 0. The molecule has 68 valence electrons. The maximum absolute atomic E-state index is 6.30. The van der Waals surface area contributed by atoms with Gasteiger partial charge in [-0.2, -0.15) is 0 Å². The fourth-order valence-electron chi connectivity index (χ4n) is 3.52. The van der Waals surface area contributed by atoms with E-state index in [0.717, 1.165) is 11.8 Å². The zero-order valence-electron chi connectivity index (χ0n) is 7.55.